The summed E-state index contributed by atoms with van der Waals surface area (Å²) >= 11 is 0. The number of pyridine rings is 2. The minimum Gasteiger partial charge on any atom is -0.256 e. The highest BCUT2D eigenvalue weighted by Crippen LogP contribution is 2.46. The lowest BCUT2D eigenvalue weighted by Gasteiger charge is -2.20. The van der Waals surface area contributed by atoms with Crippen LogP contribution in [0.4, 0.5) is 0 Å². The van der Waals surface area contributed by atoms with E-state index in [1.807, 2.05) is 24.5 Å². The average molecular weight is 715 g/mol. The van der Waals surface area contributed by atoms with Crippen molar-refractivity contribution in [1.29, 1.82) is 0 Å². The van der Waals surface area contributed by atoms with E-state index in [0.29, 0.717) is 0 Å². The fraction of sp³-hybridized carbons (Fsp3) is 0.0370. The third kappa shape index (κ3) is 6.32. The van der Waals surface area contributed by atoms with E-state index < -0.39 is 0 Å². The molecule has 7 aromatic carbocycles. The Bertz CT molecular complexity index is 2940. The Labute approximate surface area is 327 Å². The van der Waals surface area contributed by atoms with Crippen molar-refractivity contribution in [3.63, 3.8) is 0 Å². The van der Waals surface area contributed by atoms with Gasteiger partial charge < -0.3 is 0 Å². The molecule has 0 fully saturated rings. The van der Waals surface area contributed by atoms with Gasteiger partial charge in [0.15, 0.2) is 0 Å². The maximum atomic E-state index is 4.71. The van der Waals surface area contributed by atoms with Gasteiger partial charge in [-0.15, -0.1) is 0 Å². The van der Waals surface area contributed by atoms with Crippen molar-refractivity contribution < 1.29 is 0 Å². The predicted octanol–water partition coefficient (Wildman–Crippen LogP) is 14.5. The fourth-order valence-corrected chi connectivity index (χ4v) is 8.30. The second-order valence-corrected chi connectivity index (χ2v) is 14.5. The molecule has 0 bridgehead atoms. The summed E-state index contributed by atoms with van der Waals surface area (Å²) < 4.78 is 0. The molecule has 264 valence electrons. The van der Waals surface area contributed by atoms with Crippen molar-refractivity contribution in [1.82, 2.24) is 9.97 Å². The van der Waals surface area contributed by atoms with Crippen LogP contribution in [0.3, 0.4) is 0 Å². The molecule has 2 heteroatoms. The first-order valence-corrected chi connectivity index (χ1v) is 19.4. The van der Waals surface area contributed by atoms with Gasteiger partial charge in [0.25, 0.3) is 0 Å². The maximum absolute atomic E-state index is 4.71. The van der Waals surface area contributed by atoms with Gasteiger partial charge in [0, 0.05) is 23.5 Å². The van der Waals surface area contributed by atoms with Crippen molar-refractivity contribution in [3.8, 4) is 67.0 Å². The zero-order valence-electron chi connectivity index (χ0n) is 30.9. The van der Waals surface area contributed by atoms with Gasteiger partial charge in [0.05, 0.1) is 11.4 Å². The van der Waals surface area contributed by atoms with Crippen LogP contribution in [0.2, 0.25) is 0 Å². The molecule has 2 nitrogen and oxygen atoms in total. The molecule has 9 aromatic rings. The monoisotopic (exact) mass is 714 g/mol. The molecule has 1 aliphatic rings. The molecule has 0 amide bonds. The van der Waals surface area contributed by atoms with E-state index in [-0.39, 0.29) is 0 Å². The third-order valence-electron chi connectivity index (χ3n) is 10.9. The Balaban J connectivity index is 1.26. The van der Waals surface area contributed by atoms with Gasteiger partial charge in [-0.2, -0.15) is 0 Å². The van der Waals surface area contributed by atoms with Crippen molar-refractivity contribution in [2.75, 3.05) is 0 Å². The smallest absolute Gasteiger partial charge is 0.0702 e. The summed E-state index contributed by atoms with van der Waals surface area (Å²) in [5, 5.41) is 4.85. The van der Waals surface area contributed by atoms with E-state index in [9.17, 15) is 0 Å². The highest BCUT2D eigenvalue weighted by Gasteiger charge is 2.19. The van der Waals surface area contributed by atoms with Crippen LogP contribution >= 0.6 is 0 Å². The first-order valence-electron chi connectivity index (χ1n) is 19.4. The third-order valence-corrected chi connectivity index (χ3v) is 10.9. The Kier molecular flexibility index (Phi) is 8.70. The molecule has 2 aromatic heterocycles. The van der Waals surface area contributed by atoms with Crippen molar-refractivity contribution in [2.24, 2.45) is 0 Å². The first-order chi connectivity index (χ1) is 27.8. The highest BCUT2D eigenvalue weighted by atomic mass is 14.7. The molecule has 0 saturated carbocycles. The number of aromatic nitrogens is 2. The van der Waals surface area contributed by atoms with Crippen LogP contribution in [0, 0.1) is 0 Å². The van der Waals surface area contributed by atoms with E-state index in [0.717, 1.165) is 40.9 Å². The van der Waals surface area contributed by atoms with E-state index in [1.54, 1.807) is 0 Å². The van der Waals surface area contributed by atoms with Gasteiger partial charge in [0.1, 0.15) is 0 Å². The van der Waals surface area contributed by atoms with Crippen molar-refractivity contribution >= 4 is 27.1 Å². The predicted molar refractivity (Wildman–Crippen MR) is 236 cm³/mol. The van der Waals surface area contributed by atoms with Crippen LogP contribution in [0.5, 0.6) is 0 Å². The molecule has 2 heterocycles. The Morgan fingerprint density at radius 1 is 0.321 bits per heavy atom. The van der Waals surface area contributed by atoms with Gasteiger partial charge >= 0.3 is 0 Å². The number of allylic oxidation sites excluding steroid dienone is 4. The number of fused-ring (bicyclic) bond motifs is 2. The standard InChI is InChI=1S/C54H38N2/c1-3-15-37(16-4-1)44-33-45(38-17-5-2-6-18-38)35-46(34-44)39-27-28-49-50(36-39)54(43-22-14-20-41(32-43)52-26-10-12-30-56-52)48-24-8-7-23-47(48)53(49)42-21-13-19-40(31-42)51-25-9-11-29-55-51/h1,3-5,7-36H,2,6H2. The summed E-state index contributed by atoms with van der Waals surface area (Å²) in [7, 11) is 0. The van der Waals surface area contributed by atoms with Crippen LogP contribution < -0.4 is 0 Å². The molecule has 0 unspecified atom stereocenters. The number of nitrogens with zero attached hydrogens (tertiary/aromatic N) is 2. The van der Waals surface area contributed by atoms with E-state index in [2.05, 4.69) is 182 Å². The molecular formula is C54H38N2. The highest BCUT2D eigenvalue weighted by molar-refractivity contribution is 6.22. The molecule has 0 saturated heterocycles. The van der Waals surface area contributed by atoms with Crippen LogP contribution in [-0.2, 0) is 0 Å². The summed E-state index contributed by atoms with van der Waals surface area (Å²) in [6, 6.07) is 63.7. The molecule has 0 radical (unpaired) electrons. The second kappa shape index (κ2) is 14.6. The van der Waals surface area contributed by atoms with Crippen molar-refractivity contribution in [3.05, 3.63) is 212 Å². The summed E-state index contributed by atoms with van der Waals surface area (Å²) in [6.45, 7) is 0. The quantitative estimate of drug-likeness (QED) is 0.154. The van der Waals surface area contributed by atoms with Crippen LogP contribution in [-0.4, -0.2) is 9.97 Å². The largest absolute Gasteiger partial charge is 0.256 e. The summed E-state index contributed by atoms with van der Waals surface area (Å²) in [4.78, 5) is 9.41. The normalized spacial score (nSPS) is 12.5. The summed E-state index contributed by atoms with van der Waals surface area (Å²) in [5.41, 5.74) is 16.2. The van der Waals surface area contributed by atoms with Gasteiger partial charge in [-0.05, 0) is 151 Å². The zero-order valence-corrected chi connectivity index (χ0v) is 30.9. The molecule has 56 heavy (non-hydrogen) atoms. The Morgan fingerprint density at radius 2 is 0.839 bits per heavy atom. The molecular weight excluding hydrogens is 677 g/mol. The molecule has 1 aliphatic carbocycles. The molecule has 10 rings (SSSR count). The van der Waals surface area contributed by atoms with E-state index >= 15 is 0 Å². The van der Waals surface area contributed by atoms with Gasteiger partial charge in [-0.3, -0.25) is 9.97 Å². The summed E-state index contributed by atoms with van der Waals surface area (Å²) in [5.74, 6) is 0. The lowest BCUT2D eigenvalue weighted by atomic mass is 9.83. The van der Waals surface area contributed by atoms with Crippen LogP contribution in [0.15, 0.2) is 207 Å². The lowest BCUT2D eigenvalue weighted by molar-refractivity contribution is 1.04. The maximum Gasteiger partial charge on any atom is 0.0702 e. The molecule has 0 spiro atoms. The zero-order chi connectivity index (χ0) is 37.3. The minimum absolute atomic E-state index is 0.961. The minimum atomic E-state index is 0.961. The van der Waals surface area contributed by atoms with Crippen LogP contribution in [0.1, 0.15) is 18.4 Å². The van der Waals surface area contributed by atoms with E-state index in [1.165, 1.54) is 71.6 Å². The first kappa shape index (κ1) is 33.4. The molecule has 0 atom stereocenters. The Hall–Kier alpha value is -7.16. The van der Waals surface area contributed by atoms with Gasteiger partial charge in [-0.25, -0.2) is 0 Å². The fourth-order valence-electron chi connectivity index (χ4n) is 8.30. The summed E-state index contributed by atoms with van der Waals surface area (Å²) in [6.07, 6.45) is 12.8. The molecule has 0 aliphatic heterocycles. The number of benzene rings is 7. The van der Waals surface area contributed by atoms with Crippen molar-refractivity contribution in [2.45, 2.75) is 12.8 Å². The van der Waals surface area contributed by atoms with Gasteiger partial charge in [0.2, 0.25) is 0 Å². The van der Waals surface area contributed by atoms with E-state index in [4.69, 9.17) is 9.97 Å². The van der Waals surface area contributed by atoms with Gasteiger partial charge in [-0.1, -0.05) is 133 Å². The van der Waals surface area contributed by atoms with Crippen LogP contribution in [0.25, 0.3) is 94.1 Å². The average Bonchev–Trinajstić information content (AvgIpc) is 3.29. The number of hydrogen-bond donors (Lipinski definition) is 0. The SMILES string of the molecule is C1=CC(c2cc(-c3ccccc3)cc(-c3ccc4c(-c5cccc(-c6ccccn6)c5)c5ccccc5c(-c5cccc(-c6ccccn6)c5)c4c3)c2)=CCC1. The second-order valence-electron chi connectivity index (χ2n) is 14.5. The topological polar surface area (TPSA) is 25.8 Å². The number of rotatable bonds is 7. The lowest BCUT2D eigenvalue weighted by Crippen LogP contribution is -1.94. The number of hydrogen-bond acceptors (Lipinski definition) is 2. The Morgan fingerprint density at radius 3 is 1.45 bits per heavy atom. The molecule has 0 N–H and O–H groups in total.